The summed E-state index contributed by atoms with van der Waals surface area (Å²) in [5.41, 5.74) is 13.9. The molecule has 1 heteroatoms. The molecular formula is C50H32O. The molecule has 0 amide bonds. The molecule has 1 heterocycles. The van der Waals surface area contributed by atoms with Gasteiger partial charge in [0.05, 0.1) is 0 Å². The average Bonchev–Trinajstić information content (AvgIpc) is 3.58. The van der Waals surface area contributed by atoms with Gasteiger partial charge < -0.3 is 4.42 Å². The van der Waals surface area contributed by atoms with Gasteiger partial charge >= 0.3 is 0 Å². The molecule has 0 bridgehead atoms. The Morgan fingerprint density at radius 1 is 0.216 bits per heavy atom. The summed E-state index contributed by atoms with van der Waals surface area (Å²) in [5.74, 6) is 0. The molecule has 0 aliphatic carbocycles. The fourth-order valence-corrected chi connectivity index (χ4v) is 7.84. The molecule has 0 atom stereocenters. The van der Waals surface area contributed by atoms with Crippen LogP contribution in [0.5, 0.6) is 0 Å². The first kappa shape index (κ1) is 29.2. The van der Waals surface area contributed by atoms with Crippen LogP contribution >= 0.6 is 0 Å². The third-order valence-corrected chi connectivity index (χ3v) is 10.3. The molecule has 0 fully saturated rings. The van der Waals surface area contributed by atoms with Gasteiger partial charge in [-0.15, -0.1) is 0 Å². The molecule has 0 spiro atoms. The second-order valence-corrected chi connectivity index (χ2v) is 13.3. The van der Waals surface area contributed by atoms with Gasteiger partial charge in [-0.1, -0.05) is 158 Å². The molecule has 0 unspecified atom stereocenters. The van der Waals surface area contributed by atoms with E-state index >= 15 is 0 Å². The molecule has 0 N–H and O–H groups in total. The summed E-state index contributed by atoms with van der Waals surface area (Å²) in [7, 11) is 0. The SMILES string of the molecule is c1ccc(-c2ccc3oc4ccc(-c5cccc(-c6ccc7c(-c8ccccc8)c8ccccc8c(-c8ccccc8)c7c6)c5)cc4c3c2)cc1. The molecule has 9 aromatic carbocycles. The molecular weight excluding hydrogens is 617 g/mol. The molecule has 10 rings (SSSR count). The van der Waals surface area contributed by atoms with Gasteiger partial charge in [0.25, 0.3) is 0 Å². The third-order valence-electron chi connectivity index (χ3n) is 10.3. The quantitative estimate of drug-likeness (QED) is 0.169. The number of furan rings is 1. The van der Waals surface area contributed by atoms with Crippen LogP contribution in [-0.2, 0) is 0 Å². The van der Waals surface area contributed by atoms with E-state index in [-0.39, 0.29) is 0 Å². The second kappa shape index (κ2) is 12.0. The predicted octanol–water partition coefficient (Wildman–Crippen LogP) is 14.2. The van der Waals surface area contributed by atoms with Crippen molar-refractivity contribution in [3.63, 3.8) is 0 Å². The Labute approximate surface area is 296 Å². The first-order valence-electron chi connectivity index (χ1n) is 17.5. The highest BCUT2D eigenvalue weighted by molar-refractivity contribution is 6.22. The van der Waals surface area contributed by atoms with Gasteiger partial charge in [0.1, 0.15) is 11.2 Å². The molecule has 0 radical (unpaired) electrons. The lowest BCUT2D eigenvalue weighted by Crippen LogP contribution is -1.91. The van der Waals surface area contributed by atoms with Crippen molar-refractivity contribution in [3.05, 3.63) is 194 Å². The Bertz CT molecular complexity index is 2880. The third kappa shape index (κ3) is 5.02. The summed E-state index contributed by atoms with van der Waals surface area (Å²) in [5, 5.41) is 7.30. The number of hydrogen-bond donors (Lipinski definition) is 0. The minimum absolute atomic E-state index is 0.902. The van der Waals surface area contributed by atoms with Crippen molar-refractivity contribution in [1.82, 2.24) is 0 Å². The van der Waals surface area contributed by atoms with Crippen LogP contribution in [0.4, 0.5) is 0 Å². The van der Waals surface area contributed by atoms with E-state index in [2.05, 4.69) is 194 Å². The Hall–Kier alpha value is -6.70. The molecule has 0 aliphatic heterocycles. The summed E-state index contributed by atoms with van der Waals surface area (Å²) in [6, 6.07) is 70.0. The van der Waals surface area contributed by atoms with Crippen molar-refractivity contribution in [2.24, 2.45) is 0 Å². The van der Waals surface area contributed by atoms with E-state index in [9.17, 15) is 0 Å². The number of rotatable bonds is 5. The van der Waals surface area contributed by atoms with Crippen LogP contribution in [0.3, 0.4) is 0 Å². The van der Waals surface area contributed by atoms with E-state index in [4.69, 9.17) is 4.42 Å². The predicted molar refractivity (Wildman–Crippen MR) is 216 cm³/mol. The maximum atomic E-state index is 6.29. The Kier molecular flexibility index (Phi) is 6.89. The number of fused-ring (bicyclic) bond motifs is 5. The molecule has 1 nitrogen and oxygen atoms in total. The maximum absolute atomic E-state index is 6.29. The molecule has 10 aromatic rings. The molecule has 0 aliphatic rings. The fraction of sp³-hybridized carbons (Fsp3) is 0. The van der Waals surface area contributed by atoms with Crippen molar-refractivity contribution >= 4 is 43.5 Å². The van der Waals surface area contributed by atoms with Crippen LogP contribution < -0.4 is 0 Å². The fourth-order valence-electron chi connectivity index (χ4n) is 7.84. The molecule has 0 saturated carbocycles. The van der Waals surface area contributed by atoms with E-state index in [1.165, 1.54) is 77.2 Å². The van der Waals surface area contributed by atoms with Crippen LogP contribution in [-0.4, -0.2) is 0 Å². The zero-order valence-electron chi connectivity index (χ0n) is 27.9. The lowest BCUT2D eigenvalue weighted by Gasteiger charge is -2.19. The van der Waals surface area contributed by atoms with Gasteiger partial charge in [0.2, 0.25) is 0 Å². The monoisotopic (exact) mass is 648 g/mol. The second-order valence-electron chi connectivity index (χ2n) is 13.3. The first-order valence-corrected chi connectivity index (χ1v) is 17.5. The summed E-state index contributed by atoms with van der Waals surface area (Å²) in [6.07, 6.45) is 0. The molecule has 51 heavy (non-hydrogen) atoms. The summed E-state index contributed by atoms with van der Waals surface area (Å²) >= 11 is 0. The zero-order valence-corrected chi connectivity index (χ0v) is 27.9. The Morgan fingerprint density at radius 2 is 0.588 bits per heavy atom. The summed E-state index contributed by atoms with van der Waals surface area (Å²) in [4.78, 5) is 0. The van der Waals surface area contributed by atoms with Crippen molar-refractivity contribution < 1.29 is 4.42 Å². The summed E-state index contributed by atoms with van der Waals surface area (Å²) in [6.45, 7) is 0. The van der Waals surface area contributed by atoms with Crippen molar-refractivity contribution in [1.29, 1.82) is 0 Å². The topological polar surface area (TPSA) is 13.1 Å². The van der Waals surface area contributed by atoms with E-state index in [0.717, 1.165) is 21.9 Å². The van der Waals surface area contributed by atoms with E-state index in [1.807, 2.05) is 0 Å². The van der Waals surface area contributed by atoms with Crippen LogP contribution in [0.2, 0.25) is 0 Å². The van der Waals surface area contributed by atoms with Gasteiger partial charge in [-0.25, -0.2) is 0 Å². The van der Waals surface area contributed by atoms with Crippen molar-refractivity contribution in [3.8, 4) is 55.6 Å². The van der Waals surface area contributed by atoms with Crippen molar-refractivity contribution in [2.75, 3.05) is 0 Å². The first-order chi connectivity index (χ1) is 25.3. The standard InChI is InChI=1S/C50H32O/c1-4-13-33(14-5-1)38-24-27-47-44(30-38)45-31-40(25-28-48(45)51-47)37-20-12-19-36(29-37)39-23-26-43-46(32-39)50(35-17-8-3-9-18-35)42-22-11-10-21-41(42)49(43)34-15-6-2-7-16-34/h1-32H. The maximum Gasteiger partial charge on any atom is 0.135 e. The lowest BCUT2D eigenvalue weighted by molar-refractivity contribution is 0.669. The normalized spacial score (nSPS) is 11.5. The largest absolute Gasteiger partial charge is 0.456 e. The minimum atomic E-state index is 0.902. The highest BCUT2D eigenvalue weighted by Crippen LogP contribution is 2.45. The van der Waals surface area contributed by atoms with E-state index < -0.39 is 0 Å². The minimum Gasteiger partial charge on any atom is -0.456 e. The highest BCUT2D eigenvalue weighted by atomic mass is 16.3. The Morgan fingerprint density at radius 3 is 1.14 bits per heavy atom. The number of hydrogen-bond acceptors (Lipinski definition) is 1. The smallest absolute Gasteiger partial charge is 0.135 e. The van der Waals surface area contributed by atoms with Gasteiger partial charge in [-0.05, 0) is 114 Å². The Balaban J connectivity index is 1.14. The van der Waals surface area contributed by atoms with Crippen molar-refractivity contribution in [2.45, 2.75) is 0 Å². The average molecular weight is 649 g/mol. The zero-order chi connectivity index (χ0) is 33.7. The van der Waals surface area contributed by atoms with Crippen LogP contribution in [0, 0.1) is 0 Å². The lowest BCUT2D eigenvalue weighted by atomic mass is 9.85. The van der Waals surface area contributed by atoms with Gasteiger partial charge in [-0.3, -0.25) is 0 Å². The molecule has 1 aromatic heterocycles. The summed E-state index contributed by atoms with van der Waals surface area (Å²) < 4.78 is 6.29. The van der Waals surface area contributed by atoms with Crippen LogP contribution in [0.1, 0.15) is 0 Å². The van der Waals surface area contributed by atoms with Crippen LogP contribution in [0.15, 0.2) is 199 Å². The number of benzene rings is 9. The molecule has 0 saturated heterocycles. The van der Waals surface area contributed by atoms with E-state index in [0.29, 0.717) is 0 Å². The molecule has 238 valence electrons. The van der Waals surface area contributed by atoms with Crippen LogP contribution in [0.25, 0.3) is 99.1 Å². The van der Waals surface area contributed by atoms with Gasteiger partial charge in [-0.2, -0.15) is 0 Å². The van der Waals surface area contributed by atoms with Gasteiger partial charge in [0.15, 0.2) is 0 Å². The van der Waals surface area contributed by atoms with E-state index in [1.54, 1.807) is 0 Å². The highest BCUT2D eigenvalue weighted by Gasteiger charge is 2.18. The van der Waals surface area contributed by atoms with Gasteiger partial charge in [0, 0.05) is 10.8 Å².